The van der Waals surface area contributed by atoms with Crippen molar-refractivity contribution >= 4 is 11.5 Å². The van der Waals surface area contributed by atoms with Crippen LogP contribution < -0.4 is 5.73 Å². The van der Waals surface area contributed by atoms with Gasteiger partial charge in [-0.3, -0.25) is 14.4 Å². The van der Waals surface area contributed by atoms with E-state index in [4.69, 9.17) is 5.73 Å². The maximum atomic E-state index is 6.32. The van der Waals surface area contributed by atoms with E-state index in [9.17, 15) is 0 Å². The minimum absolute atomic E-state index is 0.0621. The van der Waals surface area contributed by atoms with Crippen molar-refractivity contribution in [1.82, 2.24) is 24.3 Å². The predicted octanol–water partition coefficient (Wildman–Crippen LogP) is 4.59. The normalized spacial score (nSPS) is 12.2. The third-order valence-corrected chi connectivity index (χ3v) is 5.30. The van der Waals surface area contributed by atoms with E-state index in [1.54, 1.807) is 18.6 Å². The zero-order chi connectivity index (χ0) is 20.5. The standard InChI is InChI=1S/C24H20N6/c1-16(17-6-3-2-4-7-17)23-24(25)29-20(13-28-23)21-14-27-22-10-9-19(15-30(21)22)18-8-5-11-26-12-18/h2-16H,1H3,(H2,25,29)/t16-/m0/s1. The third-order valence-electron chi connectivity index (χ3n) is 5.30. The fourth-order valence-corrected chi connectivity index (χ4v) is 3.64. The van der Waals surface area contributed by atoms with Gasteiger partial charge in [-0.25, -0.2) is 9.97 Å². The van der Waals surface area contributed by atoms with Gasteiger partial charge in [0.2, 0.25) is 0 Å². The van der Waals surface area contributed by atoms with E-state index < -0.39 is 0 Å². The van der Waals surface area contributed by atoms with E-state index in [1.807, 2.05) is 59.3 Å². The molecule has 0 fully saturated rings. The molecule has 0 saturated heterocycles. The molecular weight excluding hydrogens is 372 g/mol. The molecule has 30 heavy (non-hydrogen) atoms. The van der Waals surface area contributed by atoms with E-state index in [2.05, 4.69) is 39.0 Å². The Morgan fingerprint density at radius 2 is 1.73 bits per heavy atom. The third kappa shape index (κ3) is 3.18. The maximum absolute atomic E-state index is 6.32. The van der Waals surface area contributed by atoms with Crippen molar-refractivity contribution in [3.63, 3.8) is 0 Å². The average Bonchev–Trinajstić information content (AvgIpc) is 3.23. The van der Waals surface area contributed by atoms with Gasteiger partial charge in [-0.15, -0.1) is 0 Å². The number of nitrogens with two attached hydrogens (primary N) is 1. The second-order valence-electron chi connectivity index (χ2n) is 7.19. The van der Waals surface area contributed by atoms with Crippen LogP contribution in [0, 0.1) is 0 Å². The van der Waals surface area contributed by atoms with Gasteiger partial charge in [0.15, 0.2) is 0 Å². The van der Waals surface area contributed by atoms with Crippen LogP contribution in [0.25, 0.3) is 28.2 Å². The van der Waals surface area contributed by atoms with Crippen LogP contribution in [0.1, 0.15) is 24.1 Å². The molecule has 4 heterocycles. The lowest BCUT2D eigenvalue weighted by atomic mass is 9.97. The fraction of sp³-hybridized carbons (Fsp3) is 0.0833. The van der Waals surface area contributed by atoms with E-state index in [0.717, 1.165) is 33.7 Å². The molecule has 0 spiro atoms. The average molecular weight is 392 g/mol. The highest BCUT2D eigenvalue weighted by Crippen LogP contribution is 2.28. The summed E-state index contributed by atoms with van der Waals surface area (Å²) < 4.78 is 2.01. The van der Waals surface area contributed by atoms with Crippen molar-refractivity contribution in [2.45, 2.75) is 12.8 Å². The molecule has 0 radical (unpaired) electrons. The molecule has 4 aromatic heterocycles. The van der Waals surface area contributed by atoms with Gasteiger partial charge in [-0.05, 0) is 23.8 Å². The number of imidazole rings is 1. The highest BCUT2D eigenvalue weighted by molar-refractivity contribution is 5.67. The van der Waals surface area contributed by atoms with Crippen LogP contribution in [0.5, 0.6) is 0 Å². The Kier molecular flexibility index (Phi) is 4.44. The quantitative estimate of drug-likeness (QED) is 0.484. The summed E-state index contributed by atoms with van der Waals surface area (Å²) in [5.74, 6) is 0.495. The summed E-state index contributed by atoms with van der Waals surface area (Å²) in [4.78, 5) is 18.0. The molecule has 5 aromatic rings. The fourth-order valence-electron chi connectivity index (χ4n) is 3.64. The van der Waals surface area contributed by atoms with Crippen molar-refractivity contribution in [1.29, 1.82) is 0 Å². The summed E-state index contributed by atoms with van der Waals surface area (Å²) in [6.07, 6.45) is 9.21. The molecule has 0 amide bonds. The van der Waals surface area contributed by atoms with Crippen molar-refractivity contribution in [3.05, 3.63) is 96.8 Å². The Morgan fingerprint density at radius 1 is 0.867 bits per heavy atom. The van der Waals surface area contributed by atoms with E-state index >= 15 is 0 Å². The molecule has 6 heteroatoms. The number of rotatable bonds is 4. The highest BCUT2D eigenvalue weighted by Gasteiger charge is 2.16. The molecule has 0 aliphatic rings. The second-order valence-corrected chi connectivity index (χ2v) is 7.19. The lowest BCUT2D eigenvalue weighted by Crippen LogP contribution is -2.07. The number of anilines is 1. The molecule has 1 atom stereocenters. The molecule has 6 nitrogen and oxygen atoms in total. The summed E-state index contributed by atoms with van der Waals surface area (Å²) in [5, 5.41) is 0. The molecule has 5 rings (SSSR count). The van der Waals surface area contributed by atoms with Crippen LogP contribution in [0.2, 0.25) is 0 Å². The first kappa shape index (κ1) is 18.0. The molecular formula is C24H20N6. The Balaban J connectivity index is 1.55. The summed E-state index contributed by atoms with van der Waals surface area (Å²) >= 11 is 0. The van der Waals surface area contributed by atoms with Crippen molar-refractivity contribution < 1.29 is 0 Å². The number of benzene rings is 1. The van der Waals surface area contributed by atoms with Gasteiger partial charge in [0, 0.05) is 35.6 Å². The van der Waals surface area contributed by atoms with Crippen LogP contribution in [0.15, 0.2) is 85.6 Å². The Hall–Kier alpha value is -4.06. The Morgan fingerprint density at radius 3 is 2.50 bits per heavy atom. The molecule has 0 bridgehead atoms. The van der Waals surface area contributed by atoms with Crippen LogP contribution in [0.4, 0.5) is 5.82 Å². The molecule has 0 unspecified atom stereocenters. The number of fused-ring (bicyclic) bond motifs is 1. The first-order valence-corrected chi connectivity index (χ1v) is 9.76. The molecule has 0 aliphatic heterocycles. The number of aromatic nitrogens is 5. The zero-order valence-electron chi connectivity index (χ0n) is 16.5. The topological polar surface area (TPSA) is 82.0 Å². The first-order chi connectivity index (χ1) is 14.7. The highest BCUT2D eigenvalue weighted by atomic mass is 15.0. The molecule has 2 N–H and O–H groups in total. The number of nitrogens with zero attached hydrogens (tertiary/aromatic N) is 5. The van der Waals surface area contributed by atoms with Gasteiger partial charge < -0.3 is 5.73 Å². The van der Waals surface area contributed by atoms with Crippen molar-refractivity contribution in [2.75, 3.05) is 5.73 Å². The van der Waals surface area contributed by atoms with Gasteiger partial charge in [-0.2, -0.15) is 0 Å². The molecule has 0 aliphatic carbocycles. The van der Waals surface area contributed by atoms with Crippen LogP contribution in [-0.4, -0.2) is 24.3 Å². The summed E-state index contributed by atoms with van der Waals surface area (Å²) in [6, 6.07) is 18.1. The van der Waals surface area contributed by atoms with Crippen molar-refractivity contribution in [2.24, 2.45) is 0 Å². The van der Waals surface area contributed by atoms with Gasteiger partial charge >= 0.3 is 0 Å². The minimum atomic E-state index is 0.0621. The number of pyridine rings is 2. The van der Waals surface area contributed by atoms with E-state index in [1.165, 1.54) is 0 Å². The van der Waals surface area contributed by atoms with E-state index in [0.29, 0.717) is 11.5 Å². The van der Waals surface area contributed by atoms with Crippen LogP contribution in [0.3, 0.4) is 0 Å². The molecule has 146 valence electrons. The monoisotopic (exact) mass is 392 g/mol. The lowest BCUT2D eigenvalue weighted by molar-refractivity contribution is 0.864. The van der Waals surface area contributed by atoms with Gasteiger partial charge in [-0.1, -0.05) is 43.3 Å². The minimum Gasteiger partial charge on any atom is -0.382 e. The summed E-state index contributed by atoms with van der Waals surface area (Å²) in [7, 11) is 0. The van der Waals surface area contributed by atoms with Gasteiger partial charge in [0.1, 0.15) is 17.2 Å². The summed E-state index contributed by atoms with van der Waals surface area (Å²) in [6.45, 7) is 2.09. The van der Waals surface area contributed by atoms with Crippen molar-refractivity contribution in [3.8, 4) is 22.5 Å². The number of hydrogen-bond donors (Lipinski definition) is 1. The zero-order valence-corrected chi connectivity index (χ0v) is 16.5. The first-order valence-electron chi connectivity index (χ1n) is 9.76. The predicted molar refractivity (Wildman–Crippen MR) is 118 cm³/mol. The van der Waals surface area contributed by atoms with Crippen LogP contribution in [-0.2, 0) is 0 Å². The number of hydrogen-bond acceptors (Lipinski definition) is 5. The second kappa shape index (κ2) is 7.40. The smallest absolute Gasteiger partial charge is 0.146 e. The van der Waals surface area contributed by atoms with Gasteiger partial charge in [0.25, 0.3) is 0 Å². The Labute approximate surface area is 174 Å². The van der Waals surface area contributed by atoms with Crippen LogP contribution >= 0.6 is 0 Å². The lowest BCUT2D eigenvalue weighted by Gasteiger charge is -2.14. The number of nitrogen functional groups attached to an aromatic ring is 1. The molecule has 0 saturated carbocycles. The van der Waals surface area contributed by atoms with E-state index in [-0.39, 0.29) is 5.92 Å². The summed E-state index contributed by atoms with van der Waals surface area (Å²) in [5.41, 5.74) is 12.7. The SMILES string of the molecule is C[C@@H](c1ccccc1)c1ncc(-c2cnc3ccc(-c4cccnc4)cn23)nc1N. The maximum Gasteiger partial charge on any atom is 0.146 e. The molecule has 1 aromatic carbocycles. The van der Waals surface area contributed by atoms with Gasteiger partial charge in [0.05, 0.1) is 23.8 Å². The largest absolute Gasteiger partial charge is 0.382 e. The Bertz CT molecular complexity index is 1310.